The van der Waals surface area contributed by atoms with Gasteiger partial charge in [-0.2, -0.15) is 0 Å². The summed E-state index contributed by atoms with van der Waals surface area (Å²) in [4.78, 5) is 12.8. The van der Waals surface area contributed by atoms with Crippen LogP contribution in [-0.2, 0) is 46.4 Å². The van der Waals surface area contributed by atoms with E-state index in [2.05, 4.69) is 52.3 Å². The van der Waals surface area contributed by atoms with Gasteiger partial charge in [-0.25, -0.2) is 0 Å². The van der Waals surface area contributed by atoms with Crippen molar-refractivity contribution in [3.05, 3.63) is 47.5 Å². The maximum Gasteiger partial charge on any atom is 0.207 e. The predicted molar refractivity (Wildman–Crippen MR) is 145 cm³/mol. The molecule has 11 nitrogen and oxygen atoms in total. The van der Waals surface area contributed by atoms with E-state index in [0.717, 1.165) is 21.9 Å². The summed E-state index contributed by atoms with van der Waals surface area (Å²) in [7, 11) is 6.57. The van der Waals surface area contributed by atoms with E-state index in [0.29, 0.717) is 72.7 Å². The number of nitrogens with zero attached hydrogens (tertiary/aromatic N) is 1. The zero-order chi connectivity index (χ0) is 27.4. The second kappa shape index (κ2) is 19.8. The van der Waals surface area contributed by atoms with Gasteiger partial charge in [-0.3, -0.25) is 20.3 Å². The van der Waals surface area contributed by atoms with Gasteiger partial charge in [0.2, 0.25) is 6.41 Å². The lowest BCUT2D eigenvalue weighted by molar-refractivity contribution is -0.110. The molecule has 0 spiro atoms. The van der Waals surface area contributed by atoms with Crippen molar-refractivity contribution in [1.82, 2.24) is 20.9 Å². The second-order valence-electron chi connectivity index (χ2n) is 8.87. The van der Waals surface area contributed by atoms with Crippen molar-refractivity contribution in [2.75, 3.05) is 81.5 Å². The van der Waals surface area contributed by atoms with Gasteiger partial charge in [-0.1, -0.05) is 24.3 Å². The van der Waals surface area contributed by atoms with Crippen molar-refractivity contribution >= 4 is 17.2 Å². The Balaban J connectivity index is 1.97. The molecular weight excluding hydrogens is 492 g/mol. The summed E-state index contributed by atoms with van der Waals surface area (Å²) in [6.45, 7) is 4.97. The van der Waals surface area contributed by atoms with Crippen molar-refractivity contribution in [2.45, 2.75) is 25.4 Å². The molecule has 11 heteroatoms. The van der Waals surface area contributed by atoms with Crippen molar-refractivity contribution in [3.63, 3.8) is 0 Å². The zero-order valence-corrected chi connectivity index (χ0v) is 23.1. The Hall–Kier alpha value is -2.19. The van der Waals surface area contributed by atoms with Gasteiger partial charge in [0.25, 0.3) is 0 Å². The van der Waals surface area contributed by atoms with Crippen molar-refractivity contribution in [2.24, 2.45) is 0 Å². The summed E-state index contributed by atoms with van der Waals surface area (Å²) >= 11 is 0. The van der Waals surface area contributed by atoms with E-state index < -0.39 is 0 Å². The number of hydrogen-bond donors (Lipinski definition) is 3. The summed E-state index contributed by atoms with van der Waals surface area (Å²) in [5.41, 5.74) is 2.15. The highest BCUT2D eigenvalue weighted by atomic mass is 16.5. The summed E-state index contributed by atoms with van der Waals surface area (Å²) in [6, 6.07) is 12.6. The largest absolute Gasteiger partial charge is 0.371 e. The maximum absolute atomic E-state index is 10.8. The Kier molecular flexibility index (Phi) is 16.7. The first kappa shape index (κ1) is 32.0. The number of carbonyl (C=O) groups is 1. The van der Waals surface area contributed by atoms with Crippen molar-refractivity contribution in [1.29, 1.82) is 0 Å². The molecule has 214 valence electrons. The molecule has 0 aliphatic rings. The van der Waals surface area contributed by atoms with Gasteiger partial charge in [0.05, 0.1) is 38.9 Å². The van der Waals surface area contributed by atoms with Crippen LogP contribution in [0.1, 0.15) is 11.1 Å². The van der Waals surface area contributed by atoms with Gasteiger partial charge < -0.3 is 33.7 Å². The lowest BCUT2D eigenvalue weighted by atomic mass is 10.0. The molecular formula is C27H44N4O7. The van der Waals surface area contributed by atoms with Crippen LogP contribution in [0.4, 0.5) is 0 Å². The van der Waals surface area contributed by atoms with E-state index >= 15 is 0 Å². The smallest absolute Gasteiger partial charge is 0.207 e. The van der Waals surface area contributed by atoms with Gasteiger partial charge in [-0.05, 0) is 34.0 Å². The summed E-state index contributed by atoms with van der Waals surface area (Å²) < 4.78 is 32.9. The van der Waals surface area contributed by atoms with Crippen molar-refractivity contribution in [3.8, 4) is 0 Å². The normalized spacial score (nSPS) is 12.5. The molecule has 2 aromatic carbocycles. The van der Waals surface area contributed by atoms with Crippen LogP contribution in [0.3, 0.4) is 0 Å². The Labute approximate surface area is 226 Å². The van der Waals surface area contributed by atoms with Gasteiger partial charge >= 0.3 is 0 Å². The third-order valence-corrected chi connectivity index (χ3v) is 5.69. The highest BCUT2D eigenvalue weighted by molar-refractivity contribution is 5.83. The van der Waals surface area contributed by atoms with Crippen LogP contribution in [-0.4, -0.2) is 105 Å². The number of nitrogens with one attached hydrogen (secondary N) is 3. The fourth-order valence-corrected chi connectivity index (χ4v) is 3.94. The summed E-state index contributed by atoms with van der Waals surface area (Å²) in [5, 5.41) is 11.4. The van der Waals surface area contributed by atoms with Crippen LogP contribution in [0.25, 0.3) is 10.8 Å². The van der Waals surface area contributed by atoms with E-state index in [4.69, 9.17) is 28.4 Å². The fourth-order valence-electron chi connectivity index (χ4n) is 3.94. The minimum atomic E-state index is -0.217. The first-order valence-electron chi connectivity index (χ1n) is 12.6. The van der Waals surface area contributed by atoms with Crippen LogP contribution in [0.5, 0.6) is 0 Å². The van der Waals surface area contributed by atoms with Gasteiger partial charge in [0, 0.05) is 54.6 Å². The molecule has 1 amide bonds. The first-order chi connectivity index (χ1) is 18.6. The number of hydrogen-bond acceptors (Lipinski definition) is 10. The quantitative estimate of drug-likeness (QED) is 0.109. The number of carbonyl (C=O) groups excluding carboxylic acids is 1. The number of amides is 1. The minimum absolute atomic E-state index is 0.0270. The van der Waals surface area contributed by atoms with Crippen molar-refractivity contribution < 1.29 is 33.2 Å². The lowest BCUT2D eigenvalue weighted by Gasteiger charge is -2.26. The molecule has 0 fully saturated rings. The Morgan fingerprint density at radius 1 is 0.737 bits per heavy atom. The van der Waals surface area contributed by atoms with Crippen LogP contribution < -0.4 is 16.0 Å². The van der Waals surface area contributed by atoms with Gasteiger partial charge in [0.1, 0.15) is 13.5 Å². The first-order valence-corrected chi connectivity index (χ1v) is 12.6. The molecule has 0 aliphatic carbocycles. The number of rotatable bonds is 23. The summed E-state index contributed by atoms with van der Waals surface area (Å²) in [5.74, 6) is 0. The molecule has 0 aliphatic heterocycles. The van der Waals surface area contributed by atoms with E-state index in [1.165, 1.54) is 0 Å². The van der Waals surface area contributed by atoms with Gasteiger partial charge in [0.15, 0.2) is 0 Å². The average molecular weight is 537 g/mol. The van der Waals surface area contributed by atoms with Crippen LogP contribution >= 0.6 is 0 Å². The zero-order valence-electron chi connectivity index (χ0n) is 23.1. The molecule has 0 saturated heterocycles. The van der Waals surface area contributed by atoms with Gasteiger partial charge in [-0.15, -0.1) is 0 Å². The highest BCUT2D eigenvalue weighted by Gasteiger charge is 2.15. The summed E-state index contributed by atoms with van der Waals surface area (Å²) in [6.07, 6.45) is 0.436. The number of benzene rings is 2. The lowest BCUT2D eigenvalue weighted by Crippen LogP contribution is -2.41. The van der Waals surface area contributed by atoms with E-state index in [9.17, 15) is 4.79 Å². The molecule has 3 N–H and O–H groups in total. The molecule has 1 atom stereocenters. The number of fused-ring (bicyclic) bond motifs is 1. The molecule has 0 radical (unpaired) electrons. The van der Waals surface area contributed by atoms with E-state index in [1.54, 1.807) is 28.4 Å². The monoisotopic (exact) mass is 536 g/mol. The molecule has 0 heterocycles. The fraction of sp³-hybridized carbons (Fsp3) is 0.593. The Bertz CT molecular complexity index is 889. The average Bonchev–Trinajstić information content (AvgIpc) is 2.93. The SMILES string of the molecule is COCNCC(CNCOC)OCc1ccc2cc(COC(CNC=O)CN(COC)COC)ccc2c1. The number of methoxy groups -OCH3 is 4. The number of ether oxygens (including phenoxy) is 6. The molecule has 38 heavy (non-hydrogen) atoms. The Morgan fingerprint density at radius 3 is 1.74 bits per heavy atom. The highest BCUT2D eigenvalue weighted by Crippen LogP contribution is 2.20. The van der Waals surface area contributed by atoms with E-state index in [1.807, 2.05) is 4.90 Å². The van der Waals surface area contributed by atoms with Crippen LogP contribution in [0.15, 0.2) is 36.4 Å². The van der Waals surface area contributed by atoms with Crippen LogP contribution in [0.2, 0.25) is 0 Å². The standard InChI is InChI=1S/C27H44N4O7/c1-33-18-29-11-26(12-30-19-34-2)37-15-22-5-7-25-10-23(6-8-24(25)9-22)16-38-27(13-28-17-32)14-31(20-35-3)21-36-4/h5-10,17,26-27,29-30H,11-16,18-21H2,1-4H3,(H,28,32). The second-order valence-corrected chi connectivity index (χ2v) is 8.87. The van der Waals surface area contributed by atoms with Crippen LogP contribution in [0, 0.1) is 0 Å². The molecule has 1 unspecified atom stereocenters. The predicted octanol–water partition coefficient (Wildman–Crippen LogP) is 1.25. The maximum atomic E-state index is 10.8. The molecule has 2 aromatic rings. The molecule has 0 bridgehead atoms. The topological polar surface area (TPSA) is 112 Å². The Morgan fingerprint density at radius 2 is 1.26 bits per heavy atom. The third-order valence-electron chi connectivity index (χ3n) is 5.69. The van der Waals surface area contributed by atoms with E-state index in [-0.39, 0.29) is 12.2 Å². The molecule has 0 saturated carbocycles. The minimum Gasteiger partial charge on any atom is -0.371 e. The molecule has 2 rings (SSSR count). The molecule has 0 aromatic heterocycles. The third kappa shape index (κ3) is 12.6.